The Morgan fingerprint density at radius 1 is 1.14 bits per heavy atom. The molecule has 0 bridgehead atoms. The number of carbonyl (C=O) groups excluding carboxylic acids is 1. The number of rotatable bonds is 5. The predicted octanol–water partition coefficient (Wildman–Crippen LogP) is 4.03. The SMILES string of the molecule is O=C(NCc1cccc(Oc2ccc(F)cc2)c1)C1CCC1. The van der Waals surface area contributed by atoms with Gasteiger partial charge in [0.15, 0.2) is 0 Å². The van der Waals surface area contributed by atoms with E-state index < -0.39 is 0 Å². The fourth-order valence-corrected chi connectivity index (χ4v) is 2.36. The van der Waals surface area contributed by atoms with Crippen LogP contribution in [0.1, 0.15) is 24.8 Å². The first kappa shape index (κ1) is 14.6. The maximum atomic E-state index is 12.9. The zero-order valence-corrected chi connectivity index (χ0v) is 12.2. The van der Waals surface area contributed by atoms with Gasteiger partial charge in [0.25, 0.3) is 0 Å². The molecule has 1 N–H and O–H groups in total. The molecule has 3 rings (SSSR count). The van der Waals surface area contributed by atoms with Crippen LogP contribution in [0.3, 0.4) is 0 Å². The molecule has 1 fully saturated rings. The molecule has 0 radical (unpaired) electrons. The molecule has 22 heavy (non-hydrogen) atoms. The summed E-state index contributed by atoms with van der Waals surface area (Å²) in [6, 6.07) is 13.4. The van der Waals surface area contributed by atoms with E-state index in [9.17, 15) is 9.18 Å². The van der Waals surface area contributed by atoms with Crippen LogP contribution in [0.15, 0.2) is 48.5 Å². The van der Waals surface area contributed by atoms with E-state index in [2.05, 4.69) is 5.32 Å². The average Bonchev–Trinajstić information content (AvgIpc) is 2.46. The van der Waals surface area contributed by atoms with Crippen molar-refractivity contribution in [1.82, 2.24) is 5.32 Å². The highest BCUT2D eigenvalue weighted by atomic mass is 19.1. The van der Waals surface area contributed by atoms with E-state index in [0.717, 1.165) is 24.8 Å². The molecule has 114 valence electrons. The Balaban J connectivity index is 1.59. The summed E-state index contributed by atoms with van der Waals surface area (Å²) in [5.74, 6) is 1.29. The van der Waals surface area contributed by atoms with E-state index >= 15 is 0 Å². The fraction of sp³-hybridized carbons (Fsp3) is 0.278. The number of halogens is 1. The van der Waals surface area contributed by atoms with Gasteiger partial charge in [-0.3, -0.25) is 4.79 Å². The van der Waals surface area contributed by atoms with E-state index in [4.69, 9.17) is 4.74 Å². The molecule has 0 aliphatic heterocycles. The Kier molecular flexibility index (Phi) is 4.37. The Bertz CT molecular complexity index is 650. The number of nitrogens with one attached hydrogen (secondary N) is 1. The molecule has 2 aromatic carbocycles. The van der Waals surface area contributed by atoms with Gasteiger partial charge in [-0.25, -0.2) is 4.39 Å². The summed E-state index contributed by atoms with van der Waals surface area (Å²) in [4.78, 5) is 11.8. The second kappa shape index (κ2) is 6.60. The molecule has 0 spiro atoms. The lowest BCUT2D eigenvalue weighted by atomic mass is 9.85. The third-order valence-electron chi connectivity index (χ3n) is 3.89. The van der Waals surface area contributed by atoms with Crippen molar-refractivity contribution in [2.45, 2.75) is 25.8 Å². The van der Waals surface area contributed by atoms with E-state index in [-0.39, 0.29) is 17.6 Å². The van der Waals surface area contributed by atoms with Gasteiger partial charge in [0, 0.05) is 12.5 Å². The largest absolute Gasteiger partial charge is 0.457 e. The number of benzene rings is 2. The van der Waals surface area contributed by atoms with Gasteiger partial charge in [-0.2, -0.15) is 0 Å². The van der Waals surface area contributed by atoms with Gasteiger partial charge < -0.3 is 10.1 Å². The van der Waals surface area contributed by atoms with E-state index in [1.807, 2.05) is 24.3 Å². The molecule has 1 aliphatic rings. The maximum absolute atomic E-state index is 12.9. The first-order valence-corrected chi connectivity index (χ1v) is 7.51. The zero-order chi connectivity index (χ0) is 15.4. The number of carbonyl (C=O) groups is 1. The molecule has 1 aliphatic carbocycles. The number of hydrogen-bond donors (Lipinski definition) is 1. The number of ether oxygens (including phenoxy) is 1. The molecule has 1 amide bonds. The lowest BCUT2D eigenvalue weighted by Crippen LogP contribution is -2.33. The molecule has 4 heteroatoms. The van der Waals surface area contributed by atoms with Crippen LogP contribution in [0.2, 0.25) is 0 Å². The minimum absolute atomic E-state index is 0.135. The fourth-order valence-electron chi connectivity index (χ4n) is 2.36. The predicted molar refractivity (Wildman–Crippen MR) is 82.1 cm³/mol. The first-order valence-electron chi connectivity index (χ1n) is 7.51. The first-order chi connectivity index (χ1) is 10.7. The number of amides is 1. The van der Waals surface area contributed by atoms with Gasteiger partial charge in [0.05, 0.1) is 0 Å². The second-order valence-corrected chi connectivity index (χ2v) is 5.55. The summed E-state index contributed by atoms with van der Waals surface area (Å²) in [7, 11) is 0. The minimum Gasteiger partial charge on any atom is -0.457 e. The van der Waals surface area contributed by atoms with Gasteiger partial charge in [-0.05, 0) is 54.8 Å². The zero-order valence-electron chi connectivity index (χ0n) is 12.2. The average molecular weight is 299 g/mol. The highest BCUT2D eigenvalue weighted by Gasteiger charge is 2.24. The van der Waals surface area contributed by atoms with Crippen molar-refractivity contribution in [2.75, 3.05) is 0 Å². The third-order valence-corrected chi connectivity index (χ3v) is 3.89. The summed E-state index contributed by atoms with van der Waals surface area (Å²) < 4.78 is 18.6. The van der Waals surface area contributed by atoms with Crippen molar-refractivity contribution in [3.8, 4) is 11.5 Å². The van der Waals surface area contributed by atoms with Crippen LogP contribution in [0, 0.1) is 11.7 Å². The van der Waals surface area contributed by atoms with Crippen LogP contribution >= 0.6 is 0 Å². The van der Waals surface area contributed by atoms with Crippen molar-refractivity contribution in [3.63, 3.8) is 0 Å². The Labute approximate surface area is 129 Å². The molecule has 0 heterocycles. The summed E-state index contributed by atoms with van der Waals surface area (Å²) in [5.41, 5.74) is 0.979. The second-order valence-electron chi connectivity index (χ2n) is 5.55. The van der Waals surface area contributed by atoms with Crippen molar-refractivity contribution in [3.05, 3.63) is 59.9 Å². The molecule has 2 aromatic rings. The van der Waals surface area contributed by atoms with E-state index in [1.54, 1.807) is 12.1 Å². The third kappa shape index (κ3) is 3.64. The summed E-state index contributed by atoms with van der Waals surface area (Å²) in [6.07, 6.45) is 3.15. The van der Waals surface area contributed by atoms with E-state index in [0.29, 0.717) is 18.0 Å². The lowest BCUT2D eigenvalue weighted by Gasteiger charge is -2.24. The van der Waals surface area contributed by atoms with Gasteiger partial charge in [-0.1, -0.05) is 18.6 Å². The quantitative estimate of drug-likeness (QED) is 0.905. The molecule has 0 unspecified atom stereocenters. The Hall–Kier alpha value is -2.36. The van der Waals surface area contributed by atoms with Crippen LogP contribution in [0.4, 0.5) is 4.39 Å². The Morgan fingerprint density at radius 3 is 2.59 bits per heavy atom. The van der Waals surface area contributed by atoms with Crippen molar-refractivity contribution in [2.24, 2.45) is 5.92 Å². The van der Waals surface area contributed by atoms with Crippen molar-refractivity contribution in [1.29, 1.82) is 0 Å². The van der Waals surface area contributed by atoms with Gasteiger partial charge >= 0.3 is 0 Å². The normalized spacial score (nSPS) is 14.2. The van der Waals surface area contributed by atoms with Crippen LogP contribution in [0.5, 0.6) is 11.5 Å². The van der Waals surface area contributed by atoms with Crippen LogP contribution in [-0.4, -0.2) is 5.91 Å². The smallest absolute Gasteiger partial charge is 0.223 e. The topological polar surface area (TPSA) is 38.3 Å². The van der Waals surface area contributed by atoms with Crippen molar-refractivity contribution < 1.29 is 13.9 Å². The summed E-state index contributed by atoms with van der Waals surface area (Å²) >= 11 is 0. The molecule has 3 nitrogen and oxygen atoms in total. The molecule has 0 atom stereocenters. The molecular weight excluding hydrogens is 281 g/mol. The highest BCUT2D eigenvalue weighted by molar-refractivity contribution is 5.79. The van der Waals surface area contributed by atoms with Gasteiger partial charge in [-0.15, -0.1) is 0 Å². The maximum Gasteiger partial charge on any atom is 0.223 e. The van der Waals surface area contributed by atoms with Crippen LogP contribution in [0.25, 0.3) is 0 Å². The number of hydrogen-bond acceptors (Lipinski definition) is 2. The molecule has 0 saturated heterocycles. The van der Waals surface area contributed by atoms with Gasteiger partial charge in [0.2, 0.25) is 5.91 Å². The van der Waals surface area contributed by atoms with Crippen LogP contribution in [-0.2, 0) is 11.3 Å². The highest BCUT2D eigenvalue weighted by Crippen LogP contribution is 2.26. The van der Waals surface area contributed by atoms with Crippen molar-refractivity contribution >= 4 is 5.91 Å². The standard InChI is InChI=1S/C18H18FNO2/c19-15-7-9-16(10-8-15)22-17-6-1-3-13(11-17)12-20-18(21)14-4-2-5-14/h1,3,6-11,14H,2,4-5,12H2,(H,20,21). The minimum atomic E-state index is -0.292. The van der Waals surface area contributed by atoms with Gasteiger partial charge in [0.1, 0.15) is 17.3 Å². The lowest BCUT2D eigenvalue weighted by molar-refractivity contribution is -0.127. The van der Waals surface area contributed by atoms with Crippen LogP contribution < -0.4 is 10.1 Å². The molecule has 1 saturated carbocycles. The monoisotopic (exact) mass is 299 g/mol. The Morgan fingerprint density at radius 2 is 1.91 bits per heavy atom. The molecular formula is C18H18FNO2. The molecule has 0 aromatic heterocycles. The van der Waals surface area contributed by atoms with E-state index in [1.165, 1.54) is 12.1 Å². The summed E-state index contributed by atoms with van der Waals surface area (Å²) in [6.45, 7) is 0.496. The summed E-state index contributed by atoms with van der Waals surface area (Å²) in [5, 5.41) is 2.96.